The van der Waals surface area contributed by atoms with Crippen molar-refractivity contribution in [1.29, 1.82) is 0 Å². The van der Waals surface area contributed by atoms with Crippen molar-refractivity contribution >= 4 is 5.82 Å². The zero-order valence-corrected chi connectivity index (χ0v) is 16.9. The second kappa shape index (κ2) is 9.13. The molecule has 0 spiro atoms. The lowest BCUT2D eigenvalue weighted by Gasteiger charge is -2.29. The number of hydrogen-bond donors (Lipinski definition) is 1. The Bertz CT molecular complexity index is 906. The van der Waals surface area contributed by atoms with Gasteiger partial charge >= 0.3 is 0 Å². The fourth-order valence-corrected chi connectivity index (χ4v) is 3.54. The van der Waals surface area contributed by atoms with Gasteiger partial charge in [-0.05, 0) is 30.4 Å². The van der Waals surface area contributed by atoms with Crippen LogP contribution < -0.4 is 5.32 Å². The minimum absolute atomic E-state index is 0.0987. The highest BCUT2D eigenvalue weighted by Crippen LogP contribution is 2.32. The second-order valence-electron chi connectivity index (χ2n) is 7.74. The van der Waals surface area contributed by atoms with Gasteiger partial charge < -0.3 is 14.6 Å². The molecule has 0 aliphatic carbocycles. The molecule has 0 saturated carbocycles. The van der Waals surface area contributed by atoms with E-state index in [4.69, 9.17) is 14.2 Å². The van der Waals surface area contributed by atoms with Crippen molar-refractivity contribution in [3.8, 4) is 0 Å². The van der Waals surface area contributed by atoms with E-state index in [0.29, 0.717) is 18.2 Å². The minimum Gasteiger partial charge on any atom is -0.381 e. The SMILES string of the molecule is CC(C)c1noc(C(Nc2ccnc(Cc3ccccc3)n2)C2CCOCC2)n1. The van der Waals surface area contributed by atoms with Gasteiger partial charge in [0.2, 0.25) is 5.89 Å². The van der Waals surface area contributed by atoms with Crippen LogP contribution in [0.15, 0.2) is 47.1 Å². The lowest BCUT2D eigenvalue weighted by Crippen LogP contribution is -2.27. The molecule has 1 aromatic carbocycles. The molecule has 0 radical (unpaired) electrons. The highest BCUT2D eigenvalue weighted by molar-refractivity contribution is 5.36. The van der Waals surface area contributed by atoms with Gasteiger partial charge in [0, 0.05) is 31.7 Å². The van der Waals surface area contributed by atoms with Crippen LogP contribution in [0.25, 0.3) is 0 Å². The molecule has 2 aromatic heterocycles. The topological polar surface area (TPSA) is 86.0 Å². The lowest BCUT2D eigenvalue weighted by molar-refractivity contribution is 0.0570. The van der Waals surface area contributed by atoms with Gasteiger partial charge in [-0.1, -0.05) is 49.3 Å². The standard InChI is InChI=1S/C22H27N5O2/c1-15(2)21-26-22(29-27-21)20(17-9-12-28-13-10-17)25-18-8-11-23-19(24-18)14-16-6-4-3-5-7-16/h3-8,11,15,17,20H,9-10,12-14H2,1-2H3,(H,23,24,25). The molecule has 0 bridgehead atoms. The third-order valence-electron chi connectivity index (χ3n) is 5.19. The van der Waals surface area contributed by atoms with Crippen LogP contribution in [-0.4, -0.2) is 33.3 Å². The summed E-state index contributed by atoms with van der Waals surface area (Å²) in [5, 5.41) is 7.70. The third kappa shape index (κ3) is 4.98. The summed E-state index contributed by atoms with van der Waals surface area (Å²) in [6, 6.07) is 12.0. The van der Waals surface area contributed by atoms with E-state index in [2.05, 4.69) is 46.4 Å². The van der Waals surface area contributed by atoms with Crippen molar-refractivity contribution < 1.29 is 9.26 Å². The van der Waals surface area contributed by atoms with Gasteiger partial charge in [0.05, 0.1) is 0 Å². The molecule has 3 heterocycles. The van der Waals surface area contributed by atoms with Gasteiger partial charge in [-0.2, -0.15) is 4.98 Å². The van der Waals surface area contributed by atoms with Crippen LogP contribution in [0, 0.1) is 5.92 Å². The molecule has 1 fully saturated rings. The highest BCUT2D eigenvalue weighted by Gasteiger charge is 2.30. The fraction of sp³-hybridized carbons (Fsp3) is 0.455. The van der Waals surface area contributed by atoms with Crippen LogP contribution >= 0.6 is 0 Å². The molecule has 1 N–H and O–H groups in total. The Morgan fingerprint density at radius 2 is 1.86 bits per heavy atom. The summed E-state index contributed by atoms with van der Waals surface area (Å²) in [6.07, 6.45) is 4.37. The Labute approximate surface area is 170 Å². The maximum Gasteiger partial charge on any atom is 0.249 e. The summed E-state index contributed by atoms with van der Waals surface area (Å²) in [7, 11) is 0. The minimum atomic E-state index is -0.0987. The van der Waals surface area contributed by atoms with Gasteiger partial charge in [0.1, 0.15) is 17.7 Å². The largest absolute Gasteiger partial charge is 0.381 e. The van der Waals surface area contributed by atoms with E-state index in [1.165, 1.54) is 5.56 Å². The lowest BCUT2D eigenvalue weighted by atomic mass is 9.91. The summed E-state index contributed by atoms with van der Waals surface area (Å²) < 4.78 is 11.2. The zero-order chi connectivity index (χ0) is 20.1. The average Bonchev–Trinajstić information content (AvgIpc) is 3.24. The maximum absolute atomic E-state index is 5.63. The molecular formula is C22H27N5O2. The van der Waals surface area contributed by atoms with E-state index in [0.717, 1.165) is 43.5 Å². The van der Waals surface area contributed by atoms with Crippen LogP contribution in [0.1, 0.15) is 61.8 Å². The summed E-state index contributed by atoms with van der Waals surface area (Å²) in [5.41, 5.74) is 1.18. The Balaban J connectivity index is 1.56. The van der Waals surface area contributed by atoms with E-state index >= 15 is 0 Å². The maximum atomic E-state index is 5.63. The zero-order valence-electron chi connectivity index (χ0n) is 16.9. The molecule has 0 amide bonds. The molecular weight excluding hydrogens is 366 g/mol. The van der Waals surface area contributed by atoms with Gasteiger partial charge in [-0.3, -0.25) is 0 Å². The first kappa shape index (κ1) is 19.5. The number of rotatable bonds is 7. The molecule has 29 heavy (non-hydrogen) atoms. The number of ether oxygens (including phenoxy) is 1. The normalized spacial score (nSPS) is 16.1. The number of nitrogens with zero attached hydrogens (tertiary/aromatic N) is 4. The first-order chi connectivity index (χ1) is 14.2. The van der Waals surface area contributed by atoms with Crippen LogP contribution in [0.3, 0.4) is 0 Å². The summed E-state index contributed by atoms with van der Waals surface area (Å²) >= 11 is 0. The number of nitrogens with one attached hydrogen (secondary N) is 1. The molecule has 4 rings (SSSR count). The van der Waals surface area contributed by atoms with Crippen molar-refractivity contribution in [2.24, 2.45) is 5.92 Å². The van der Waals surface area contributed by atoms with E-state index < -0.39 is 0 Å². The van der Waals surface area contributed by atoms with E-state index in [-0.39, 0.29) is 12.0 Å². The smallest absolute Gasteiger partial charge is 0.249 e. The third-order valence-corrected chi connectivity index (χ3v) is 5.19. The van der Waals surface area contributed by atoms with Crippen LogP contribution in [0.2, 0.25) is 0 Å². The molecule has 1 saturated heterocycles. The molecule has 1 aliphatic rings. The molecule has 1 aliphatic heterocycles. The summed E-state index contributed by atoms with van der Waals surface area (Å²) in [6.45, 7) is 5.62. The fourth-order valence-electron chi connectivity index (χ4n) is 3.54. The van der Waals surface area contributed by atoms with Crippen molar-refractivity contribution in [3.63, 3.8) is 0 Å². The van der Waals surface area contributed by atoms with E-state index in [1.54, 1.807) is 6.20 Å². The molecule has 7 nitrogen and oxygen atoms in total. The second-order valence-corrected chi connectivity index (χ2v) is 7.74. The van der Waals surface area contributed by atoms with Crippen molar-refractivity contribution in [3.05, 3.63) is 65.7 Å². The number of benzene rings is 1. The highest BCUT2D eigenvalue weighted by atomic mass is 16.5. The van der Waals surface area contributed by atoms with Crippen molar-refractivity contribution in [2.45, 2.75) is 45.1 Å². The summed E-state index contributed by atoms with van der Waals surface area (Å²) in [4.78, 5) is 13.8. The Kier molecular flexibility index (Phi) is 6.14. The molecule has 1 atom stereocenters. The quantitative estimate of drug-likeness (QED) is 0.645. The van der Waals surface area contributed by atoms with E-state index in [9.17, 15) is 0 Å². The Morgan fingerprint density at radius 1 is 1.07 bits per heavy atom. The van der Waals surface area contributed by atoms with Crippen LogP contribution in [0.4, 0.5) is 5.82 Å². The van der Waals surface area contributed by atoms with Gasteiger partial charge in [-0.15, -0.1) is 0 Å². The summed E-state index contributed by atoms with van der Waals surface area (Å²) in [5.74, 6) is 3.46. The molecule has 3 aromatic rings. The Hall–Kier alpha value is -2.80. The van der Waals surface area contributed by atoms with E-state index in [1.807, 2.05) is 24.3 Å². The average molecular weight is 393 g/mol. The number of hydrogen-bond acceptors (Lipinski definition) is 7. The van der Waals surface area contributed by atoms with Gasteiger partial charge in [-0.25, -0.2) is 9.97 Å². The predicted molar refractivity (Wildman–Crippen MR) is 110 cm³/mol. The molecule has 7 heteroatoms. The predicted octanol–water partition coefficient (Wildman–Crippen LogP) is 4.15. The van der Waals surface area contributed by atoms with Crippen molar-refractivity contribution in [2.75, 3.05) is 18.5 Å². The van der Waals surface area contributed by atoms with Crippen LogP contribution in [-0.2, 0) is 11.2 Å². The number of aromatic nitrogens is 4. The van der Waals surface area contributed by atoms with Crippen molar-refractivity contribution in [1.82, 2.24) is 20.1 Å². The first-order valence-electron chi connectivity index (χ1n) is 10.2. The Morgan fingerprint density at radius 3 is 2.59 bits per heavy atom. The number of anilines is 1. The van der Waals surface area contributed by atoms with Crippen LogP contribution in [0.5, 0.6) is 0 Å². The van der Waals surface area contributed by atoms with Gasteiger partial charge in [0.15, 0.2) is 5.82 Å². The first-order valence-corrected chi connectivity index (χ1v) is 10.2. The van der Waals surface area contributed by atoms with Gasteiger partial charge in [0.25, 0.3) is 0 Å². The monoisotopic (exact) mass is 393 g/mol. The molecule has 152 valence electrons. The molecule has 1 unspecified atom stereocenters.